The number of nitrogens with one attached hydrogen (secondary N) is 2. The molecule has 0 spiro atoms. The Hall–Kier alpha value is -4.38. The first-order valence-electron chi connectivity index (χ1n) is 10.1. The quantitative estimate of drug-likeness (QED) is 0.314. The van der Waals surface area contributed by atoms with Gasteiger partial charge in [0.2, 0.25) is 0 Å². The SMILES string of the molecule is Oc1cccc(-c2cc3cc4ccc(cc5nc(cc6nc(cc2[nH]3)C=C6)C=C5)[nH]4)c1. The zero-order valence-corrected chi connectivity index (χ0v) is 16.5. The maximum Gasteiger partial charge on any atom is 0.116 e. The van der Waals surface area contributed by atoms with E-state index in [0.29, 0.717) is 0 Å². The maximum absolute atomic E-state index is 9.98. The van der Waals surface area contributed by atoms with Gasteiger partial charge >= 0.3 is 0 Å². The van der Waals surface area contributed by atoms with Crippen molar-refractivity contribution in [3.8, 4) is 16.9 Å². The minimum atomic E-state index is 0.239. The molecular weight excluding hydrogens is 384 g/mol. The van der Waals surface area contributed by atoms with E-state index < -0.39 is 0 Å². The van der Waals surface area contributed by atoms with Crippen LogP contribution in [-0.2, 0) is 0 Å². The molecule has 31 heavy (non-hydrogen) atoms. The van der Waals surface area contributed by atoms with Crippen molar-refractivity contribution in [2.24, 2.45) is 0 Å². The predicted molar refractivity (Wildman–Crippen MR) is 126 cm³/mol. The molecule has 5 nitrogen and oxygen atoms in total. The van der Waals surface area contributed by atoms with Crippen molar-refractivity contribution in [2.75, 3.05) is 0 Å². The first-order chi connectivity index (χ1) is 15.2. The zero-order valence-electron chi connectivity index (χ0n) is 16.5. The van der Waals surface area contributed by atoms with Gasteiger partial charge in [-0.25, -0.2) is 9.97 Å². The Balaban J connectivity index is 1.68. The van der Waals surface area contributed by atoms with Crippen LogP contribution in [0.2, 0.25) is 0 Å². The second kappa shape index (κ2) is 6.85. The smallest absolute Gasteiger partial charge is 0.116 e. The van der Waals surface area contributed by atoms with Gasteiger partial charge in [-0.05, 0) is 84.5 Å². The lowest BCUT2D eigenvalue weighted by Gasteiger charge is -1.99. The van der Waals surface area contributed by atoms with Gasteiger partial charge in [-0.1, -0.05) is 12.1 Å². The molecule has 0 radical (unpaired) electrons. The molecule has 8 bridgehead atoms. The van der Waals surface area contributed by atoms with Crippen LogP contribution in [0.4, 0.5) is 0 Å². The molecule has 5 heteroatoms. The number of nitrogens with zero attached hydrogens (tertiary/aromatic N) is 2. The summed E-state index contributed by atoms with van der Waals surface area (Å²) >= 11 is 0. The summed E-state index contributed by atoms with van der Waals surface area (Å²) in [5.41, 5.74) is 9.30. The second-order valence-corrected chi connectivity index (χ2v) is 7.64. The standard InChI is InChI=1S/C26H18N4O/c31-24-3-1-2-16(10-24)25-14-23-13-21-7-6-19(28-21)11-17-4-5-18(27-17)12-20-8-9-22(29-20)15-26(25)30-23/h1-15,28,30-31H. The number of H-pyrrole nitrogens is 2. The van der Waals surface area contributed by atoms with Crippen molar-refractivity contribution in [2.45, 2.75) is 0 Å². The Kier molecular flexibility index (Phi) is 3.86. The Morgan fingerprint density at radius 3 is 2.00 bits per heavy atom. The summed E-state index contributed by atoms with van der Waals surface area (Å²) in [5, 5.41) is 9.98. The van der Waals surface area contributed by atoms with Crippen LogP contribution < -0.4 is 0 Å². The van der Waals surface area contributed by atoms with Gasteiger partial charge in [0.1, 0.15) is 5.75 Å². The number of aromatic nitrogens is 4. The highest BCUT2D eigenvalue weighted by atomic mass is 16.3. The minimum Gasteiger partial charge on any atom is -0.508 e. The molecule has 2 aliphatic rings. The second-order valence-electron chi connectivity index (χ2n) is 7.64. The van der Waals surface area contributed by atoms with Crippen molar-refractivity contribution < 1.29 is 5.11 Å². The maximum atomic E-state index is 9.98. The number of benzene rings is 1. The van der Waals surface area contributed by atoms with Crippen LogP contribution in [0, 0.1) is 0 Å². The fourth-order valence-corrected chi connectivity index (χ4v) is 3.93. The predicted octanol–water partition coefficient (Wildman–Crippen LogP) is 6.03. The molecule has 148 valence electrons. The minimum absolute atomic E-state index is 0.239. The van der Waals surface area contributed by atoms with Gasteiger partial charge in [-0.2, -0.15) is 0 Å². The Morgan fingerprint density at radius 2 is 1.26 bits per heavy atom. The Labute approximate surface area is 178 Å². The number of phenolic OH excluding ortho intramolecular Hbond substituents is 1. The Bertz CT molecular complexity index is 1550. The number of phenols is 1. The van der Waals surface area contributed by atoms with Crippen molar-refractivity contribution in [3.05, 3.63) is 89.5 Å². The van der Waals surface area contributed by atoms with Crippen LogP contribution in [0.15, 0.2) is 66.7 Å². The molecule has 0 saturated heterocycles. The number of rotatable bonds is 1. The molecule has 5 heterocycles. The lowest BCUT2D eigenvalue weighted by Crippen LogP contribution is -1.78. The van der Waals surface area contributed by atoms with E-state index in [-0.39, 0.29) is 5.75 Å². The van der Waals surface area contributed by atoms with E-state index in [0.717, 1.165) is 56.0 Å². The first-order valence-corrected chi connectivity index (χ1v) is 10.1. The van der Waals surface area contributed by atoms with Gasteiger partial charge in [0.15, 0.2) is 0 Å². The molecule has 0 saturated carbocycles. The summed E-state index contributed by atoms with van der Waals surface area (Å²) in [6.07, 6.45) is 7.98. The molecule has 0 amide bonds. The molecule has 0 unspecified atom stereocenters. The van der Waals surface area contributed by atoms with Crippen LogP contribution in [0.25, 0.3) is 57.5 Å². The highest BCUT2D eigenvalue weighted by Crippen LogP contribution is 2.29. The topological polar surface area (TPSA) is 77.6 Å². The van der Waals surface area contributed by atoms with Gasteiger partial charge in [-0.3, -0.25) is 0 Å². The summed E-state index contributed by atoms with van der Waals surface area (Å²) in [4.78, 5) is 16.3. The van der Waals surface area contributed by atoms with Crippen molar-refractivity contribution >= 4 is 46.4 Å². The summed E-state index contributed by atoms with van der Waals surface area (Å²) in [7, 11) is 0. The van der Waals surface area contributed by atoms with Crippen LogP contribution in [0.5, 0.6) is 5.75 Å². The highest BCUT2D eigenvalue weighted by molar-refractivity contribution is 5.88. The van der Waals surface area contributed by atoms with E-state index in [1.54, 1.807) is 12.1 Å². The summed E-state index contributed by atoms with van der Waals surface area (Å²) in [6.45, 7) is 0. The molecule has 0 aliphatic carbocycles. The molecule has 3 N–H and O–H groups in total. The van der Waals surface area contributed by atoms with Gasteiger partial charge < -0.3 is 15.1 Å². The third-order valence-corrected chi connectivity index (χ3v) is 5.33. The van der Waals surface area contributed by atoms with E-state index in [1.807, 2.05) is 66.8 Å². The van der Waals surface area contributed by atoms with E-state index >= 15 is 0 Å². The summed E-state index contributed by atoms with van der Waals surface area (Å²) < 4.78 is 0. The zero-order chi connectivity index (χ0) is 20.8. The lowest BCUT2D eigenvalue weighted by atomic mass is 10.1. The molecule has 0 fully saturated rings. The van der Waals surface area contributed by atoms with Gasteiger partial charge in [0, 0.05) is 27.6 Å². The molecule has 0 atom stereocenters. The molecule has 4 aromatic rings. The van der Waals surface area contributed by atoms with Crippen molar-refractivity contribution in [1.29, 1.82) is 0 Å². The Morgan fingerprint density at radius 1 is 0.581 bits per heavy atom. The van der Waals surface area contributed by atoms with Crippen LogP contribution in [0.1, 0.15) is 22.8 Å². The number of aromatic amines is 2. The molecule has 3 aromatic heterocycles. The number of fused-ring (bicyclic) bond motifs is 8. The average Bonchev–Trinajstić information content (AvgIpc) is 3.53. The first kappa shape index (κ1) is 17.5. The van der Waals surface area contributed by atoms with Gasteiger partial charge in [0.05, 0.1) is 22.8 Å². The molecular formula is C26H18N4O. The lowest BCUT2D eigenvalue weighted by molar-refractivity contribution is 0.475. The monoisotopic (exact) mass is 402 g/mol. The third kappa shape index (κ3) is 3.42. The molecule has 2 aliphatic heterocycles. The summed E-state index contributed by atoms with van der Waals surface area (Å²) in [6, 6.07) is 21.5. The van der Waals surface area contributed by atoms with Crippen molar-refractivity contribution in [3.63, 3.8) is 0 Å². The normalized spacial score (nSPS) is 12.4. The van der Waals surface area contributed by atoms with Gasteiger partial charge in [-0.15, -0.1) is 0 Å². The number of hydrogen-bond acceptors (Lipinski definition) is 3. The average molecular weight is 402 g/mol. The van der Waals surface area contributed by atoms with E-state index in [4.69, 9.17) is 4.98 Å². The molecule has 6 rings (SSSR count). The largest absolute Gasteiger partial charge is 0.508 e. The van der Waals surface area contributed by atoms with Crippen LogP contribution in [0.3, 0.4) is 0 Å². The molecule has 1 aromatic carbocycles. The number of hydrogen-bond donors (Lipinski definition) is 3. The number of aromatic hydroxyl groups is 1. The van der Waals surface area contributed by atoms with Crippen LogP contribution in [-0.4, -0.2) is 25.0 Å². The van der Waals surface area contributed by atoms with E-state index in [1.165, 1.54) is 0 Å². The van der Waals surface area contributed by atoms with E-state index in [9.17, 15) is 5.11 Å². The summed E-state index contributed by atoms with van der Waals surface area (Å²) in [5.74, 6) is 0.239. The van der Waals surface area contributed by atoms with Gasteiger partial charge in [0.25, 0.3) is 0 Å². The fraction of sp³-hybridized carbons (Fsp3) is 0. The highest BCUT2D eigenvalue weighted by Gasteiger charge is 2.07. The third-order valence-electron chi connectivity index (χ3n) is 5.33. The van der Waals surface area contributed by atoms with Crippen LogP contribution >= 0.6 is 0 Å². The fourth-order valence-electron chi connectivity index (χ4n) is 3.93. The van der Waals surface area contributed by atoms with E-state index in [2.05, 4.69) is 27.1 Å². The van der Waals surface area contributed by atoms with Crippen molar-refractivity contribution in [1.82, 2.24) is 19.9 Å².